The van der Waals surface area contributed by atoms with Gasteiger partial charge in [-0.3, -0.25) is 14.5 Å². The first-order chi connectivity index (χ1) is 9.70. The van der Waals surface area contributed by atoms with Crippen LogP contribution in [0.15, 0.2) is 23.8 Å². The summed E-state index contributed by atoms with van der Waals surface area (Å²) in [5, 5.41) is 0. The fourth-order valence-electron chi connectivity index (χ4n) is 4.44. The van der Waals surface area contributed by atoms with Gasteiger partial charge in [0.15, 0.2) is 0 Å². The van der Waals surface area contributed by atoms with E-state index in [2.05, 4.69) is 13.5 Å². The number of hydrogen-bond donors (Lipinski definition) is 0. The summed E-state index contributed by atoms with van der Waals surface area (Å²) < 4.78 is 0. The highest BCUT2D eigenvalue weighted by molar-refractivity contribution is 6.20. The summed E-state index contributed by atoms with van der Waals surface area (Å²) in [4.78, 5) is 26.3. The van der Waals surface area contributed by atoms with Crippen molar-refractivity contribution >= 4 is 11.8 Å². The molecule has 0 spiro atoms. The van der Waals surface area contributed by atoms with Crippen LogP contribution in [-0.2, 0) is 9.59 Å². The lowest BCUT2D eigenvalue weighted by molar-refractivity contribution is -0.137. The second-order valence-corrected chi connectivity index (χ2v) is 6.29. The molecule has 3 nitrogen and oxygen atoms in total. The van der Waals surface area contributed by atoms with E-state index in [1.54, 1.807) is 6.08 Å². The molecule has 108 valence electrons. The van der Waals surface area contributed by atoms with Crippen molar-refractivity contribution in [1.29, 1.82) is 0 Å². The summed E-state index contributed by atoms with van der Waals surface area (Å²) in [6, 6.07) is 0. The molecule has 0 aromatic carbocycles. The normalized spacial score (nSPS) is 31.4. The lowest BCUT2D eigenvalue weighted by atomic mass is 9.87. The average molecular weight is 273 g/mol. The second kappa shape index (κ2) is 5.19. The summed E-state index contributed by atoms with van der Waals surface area (Å²) in [6.45, 7) is 6.20. The minimum Gasteiger partial charge on any atom is -0.271 e. The first-order valence-electron chi connectivity index (χ1n) is 7.91. The van der Waals surface area contributed by atoms with Crippen molar-refractivity contribution in [3.8, 4) is 0 Å². The zero-order valence-corrected chi connectivity index (χ0v) is 12.2. The molecule has 0 radical (unpaired) electrons. The van der Waals surface area contributed by atoms with Crippen LogP contribution in [0.25, 0.3) is 0 Å². The monoisotopic (exact) mass is 273 g/mol. The summed E-state index contributed by atoms with van der Waals surface area (Å²) in [5.41, 5.74) is 1.74. The van der Waals surface area contributed by atoms with E-state index in [-0.39, 0.29) is 11.8 Å². The molecule has 2 amide bonds. The van der Waals surface area contributed by atoms with Crippen LogP contribution in [0.1, 0.15) is 45.4 Å². The molecule has 2 unspecified atom stereocenters. The maximum atomic E-state index is 12.5. The van der Waals surface area contributed by atoms with Gasteiger partial charge in [0.25, 0.3) is 11.8 Å². The van der Waals surface area contributed by atoms with Gasteiger partial charge in [-0.2, -0.15) is 0 Å². The Labute approximate surface area is 120 Å². The van der Waals surface area contributed by atoms with Crippen LogP contribution in [-0.4, -0.2) is 23.3 Å². The quantitative estimate of drug-likeness (QED) is 0.424. The summed E-state index contributed by atoms with van der Waals surface area (Å²) >= 11 is 0. The van der Waals surface area contributed by atoms with Crippen molar-refractivity contribution in [2.45, 2.75) is 45.4 Å². The van der Waals surface area contributed by atoms with Gasteiger partial charge in [-0.1, -0.05) is 32.3 Å². The smallest absolute Gasteiger partial charge is 0.257 e. The minimum atomic E-state index is -0.0300. The molecule has 0 aromatic rings. The fourth-order valence-corrected chi connectivity index (χ4v) is 4.44. The SMILES string of the molecule is C=CCN1C(=O)C2=C(C1=O)C1CCC2C1CCCCC. The van der Waals surface area contributed by atoms with Gasteiger partial charge >= 0.3 is 0 Å². The Bertz CT molecular complexity index is 457. The Morgan fingerprint density at radius 1 is 1.15 bits per heavy atom. The standard InChI is InChI=1S/C17H23NO2/c1-3-5-6-7-11-12-8-9-13(11)15-14(12)16(19)18(10-4-2)17(15)20/h4,11-13H,2-3,5-10H2,1H3. The number of fused-ring (bicyclic) bond motifs is 4. The molecule has 0 N–H and O–H groups in total. The maximum Gasteiger partial charge on any atom is 0.257 e. The molecule has 3 heteroatoms. The molecule has 3 aliphatic rings. The van der Waals surface area contributed by atoms with Crippen LogP contribution in [0.4, 0.5) is 0 Å². The summed E-state index contributed by atoms with van der Waals surface area (Å²) in [5.74, 6) is 1.22. The van der Waals surface area contributed by atoms with Crippen LogP contribution in [0, 0.1) is 17.8 Å². The predicted octanol–water partition coefficient (Wildman–Crippen LogP) is 3.07. The van der Waals surface area contributed by atoms with Crippen molar-refractivity contribution in [2.24, 2.45) is 17.8 Å². The molecular formula is C17H23NO2. The van der Waals surface area contributed by atoms with Crippen molar-refractivity contribution < 1.29 is 9.59 Å². The number of hydrogen-bond acceptors (Lipinski definition) is 2. The number of carbonyl (C=O) groups excluding carboxylic acids is 2. The molecule has 20 heavy (non-hydrogen) atoms. The van der Waals surface area contributed by atoms with Gasteiger partial charge in [0.1, 0.15) is 0 Å². The molecule has 2 atom stereocenters. The highest BCUT2D eigenvalue weighted by Gasteiger charge is 2.56. The third-order valence-electron chi connectivity index (χ3n) is 5.26. The van der Waals surface area contributed by atoms with Gasteiger partial charge in [0.05, 0.1) is 0 Å². The molecule has 1 heterocycles. The van der Waals surface area contributed by atoms with Crippen LogP contribution >= 0.6 is 0 Å². The van der Waals surface area contributed by atoms with E-state index in [4.69, 9.17) is 0 Å². The topological polar surface area (TPSA) is 37.4 Å². The minimum absolute atomic E-state index is 0.0300. The molecule has 1 aliphatic heterocycles. The zero-order valence-electron chi connectivity index (χ0n) is 12.2. The number of rotatable bonds is 6. The van der Waals surface area contributed by atoms with E-state index in [9.17, 15) is 9.59 Å². The first kappa shape index (κ1) is 13.6. The Hall–Kier alpha value is -1.38. The van der Waals surface area contributed by atoms with Crippen molar-refractivity contribution in [2.75, 3.05) is 6.54 Å². The van der Waals surface area contributed by atoms with E-state index >= 15 is 0 Å². The number of carbonyl (C=O) groups is 2. The van der Waals surface area contributed by atoms with Gasteiger partial charge in [-0.05, 0) is 37.0 Å². The Kier molecular flexibility index (Phi) is 3.53. The Balaban J connectivity index is 1.79. The van der Waals surface area contributed by atoms with E-state index in [1.165, 1.54) is 30.6 Å². The number of likely N-dealkylation sites (tertiary alicyclic amines) is 1. The van der Waals surface area contributed by atoms with Crippen LogP contribution < -0.4 is 0 Å². The maximum absolute atomic E-state index is 12.5. The van der Waals surface area contributed by atoms with Crippen LogP contribution in [0.2, 0.25) is 0 Å². The average Bonchev–Trinajstić information content (AvgIpc) is 3.05. The third-order valence-corrected chi connectivity index (χ3v) is 5.26. The summed E-state index contributed by atoms with van der Waals surface area (Å²) in [7, 11) is 0. The molecule has 2 bridgehead atoms. The summed E-state index contributed by atoms with van der Waals surface area (Å²) in [6.07, 6.45) is 8.72. The molecular weight excluding hydrogens is 250 g/mol. The first-order valence-corrected chi connectivity index (χ1v) is 7.91. The van der Waals surface area contributed by atoms with Gasteiger partial charge in [-0.15, -0.1) is 6.58 Å². The van der Waals surface area contributed by atoms with Gasteiger partial charge < -0.3 is 0 Å². The van der Waals surface area contributed by atoms with Gasteiger partial charge in [-0.25, -0.2) is 0 Å². The molecule has 3 rings (SSSR count). The lowest BCUT2D eigenvalue weighted by Gasteiger charge is -2.22. The Morgan fingerprint density at radius 3 is 2.25 bits per heavy atom. The lowest BCUT2D eigenvalue weighted by Crippen LogP contribution is -2.35. The van der Waals surface area contributed by atoms with Gasteiger partial charge in [0.2, 0.25) is 0 Å². The number of amides is 2. The highest BCUT2D eigenvalue weighted by atomic mass is 16.2. The number of imide groups is 1. The van der Waals surface area contributed by atoms with E-state index < -0.39 is 0 Å². The van der Waals surface area contributed by atoms with Crippen molar-refractivity contribution in [3.63, 3.8) is 0 Å². The van der Waals surface area contributed by atoms with E-state index in [0.29, 0.717) is 24.3 Å². The molecule has 1 saturated carbocycles. The highest BCUT2D eigenvalue weighted by Crippen LogP contribution is 2.57. The van der Waals surface area contributed by atoms with Crippen LogP contribution in [0.5, 0.6) is 0 Å². The fraction of sp³-hybridized carbons (Fsp3) is 0.647. The molecule has 2 aliphatic carbocycles. The third kappa shape index (κ3) is 1.79. The van der Waals surface area contributed by atoms with E-state index in [0.717, 1.165) is 24.0 Å². The molecule has 0 aromatic heterocycles. The Morgan fingerprint density at radius 2 is 1.75 bits per heavy atom. The molecule has 0 saturated heterocycles. The van der Waals surface area contributed by atoms with Crippen molar-refractivity contribution in [3.05, 3.63) is 23.8 Å². The second-order valence-electron chi connectivity index (χ2n) is 6.29. The van der Waals surface area contributed by atoms with Crippen molar-refractivity contribution in [1.82, 2.24) is 4.90 Å². The van der Waals surface area contributed by atoms with E-state index in [1.807, 2.05) is 0 Å². The predicted molar refractivity (Wildman–Crippen MR) is 77.8 cm³/mol. The van der Waals surface area contributed by atoms with Crippen LogP contribution in [0.3, 0.4) is 0 Å². The zero-order chi connectivity index (χ0) is 14.3. The number of unbranched alkanes of at least 4 members (excludes halogenated alkanes) is 2. The van der Waals surface area contributed by atoms with Gasteiger partial charge in [0, 0.05) is 17.7 Å². The molecule has 1 fully saturated rings. The number of nitrogens with zero attached hydrogens (tertiary/aromatic N) is 1. The largest absolute Gasteiger partial charge is 0.271 e.